The van der Waals surface area contributed by atoms with E-state index >= 15 is 0 Å². The van der Waals surface area contributed by atoms with Crippen molar-refractivity contribution in [3.63, 3.8) is 0 Å². The largest absolute Gasteiger partial charge is 0.506 e. The van der Waals surface area contributed by atoms with Crippen LogP contribution in [-0.4, -0.2) is 36.4 Å². The maximum atomic E-state index is 12.6. The Kier molecular flexibility index (Phi) is 8.19. The van der Waals surface area contributed by atoms with E-state index in [1.165, 1.54) is 11.8 Å². The van der Waals surface area contributed by atoms with Gasteiger partial charge in [-0.2, -0.15) is 0 Å². The molecule has 2 aromatic rings. The summed E-state index contributed by atoms with van der Waals surface area (Å²) in [6.45, 7) is 5.88. The molecule has 0 saturated carbocycles. The molecule has 1 aliphatic rings. The summed E-state index contributed by atoms with van der Waals surface area (Å²) in [5.41, 5.74) is 1.43. The topological polar surface area (TPSA) is 77.4 Å². The van der Waals surface area contributed by atoms with Crippen LogP contribution in [0.3, 0.4) is 0 Å². The van der Waals surface area contributed by atoms with E-state index in [0.29, 0.717) is 33.7 Å². The molecule has 8 heteroatoms. The van der Waals surface area contributed by atoms with Crippen molar-refractivity contribution in [1.82, 2.24) is 0 Å². The van der Waals surface area contributed by atoms with Crippen molar-refractivity contribution >= 4 is 50.5 Å². The summed E-state index contributed by atoms with van der Waals surface area (Å²) in [4.78, 5) is 17.6. The Morgan fingerprint density at radius 1 is 1.25 bits per heavy atom. The molecule has 1 aliphatic heterocycles. The van der Waals surface area contributed by atoms with E-state index in [4.69, 9.17) is 14.2 Å². The quantitative estimate of drug-likeness (QED) is 0.332. The minimum Gasteiger partial charge on any atom is -0.506 e. The number of halogens is 1. The molecule has 0 unspecified atom stereocenters. The lowest BCUT2D eigenvalue weighted by Gasteiger charge is -2.12. The molecular weight excluding hydrogens is 494 g/mol. The van der Waals surface area contributed by atoms with Crippen LogP contribution in [0.1, 0.15) is 12.5 Å². The molecule has 6 nitrogen and oxygen atoms in total. The second-order valence-corrected chi connectivity index (χ2v) is 8.32. The molecule has 0 radical (unpaired) electrons. The Morgan fingerprint density at radius 2 is 2.00 bits per heavy atom. The molecule has 1 N–H and O–H groups in total. The number of carbonyl (C=O) groups is 1. The maximum Gasteiger partial charge on any atom is 0.344 e. The molecule has 166 valence electrons. The fourth-order valence-electron chi connectivity index (χ4n) is 2.84. The predicted octanol–water partition coefficient (Wildman–Crippen LogP) is 6.22. The number of hydrogen-bond donors (Lipinski definition) is 1. The Bertz CT molecular complexity index is 1110. The Hall–Kier alpha value is -2.97. The van der Waals surface area contributed by atoms with E-state index in [2.05, 4.69) is 27.5 Å². The number of aliphatic imine (C=N–C) groups is 1. The first-order valence-electron chi connectivity index (χ1n) is 9.74. The van der Waals surface area contributed by atoms with Gasteiger partial charge >= 0.3 is 5.97 Å². The standard InChI is InChI=1S/C24H22BrNO5S/c1-4-11-31-19-14-17(25)15(12-18(19)29-3)13-20-22(27)21(24(28)30-5-2)23(32-20)26-16-9-7-6-8-10-16/h4,6-10,12-14,27H,1,5,11H2,2-3H3/b20-13-,26-23?. The summed E-state index contributed by atoms with van der Waals surface area (Å²) in [7, 11) is 1.55. The van der Waals surface area contributed by atoms with Crippen LogP contribution in [0, 0.1) is 0 Å². The highest BCUT2D eigenvalue weighted by Crippen LogP contribution is 2.42. The molecule has 1 heterocycles. The highest BCUT2D eigenvalue weighted by molar-refractivity contribution is 9.10. The molecule has 0 spiro atoms. The zero-order valence-electron chi connectivity index (χ0n) is 17.6. The maximum absolute atomic E-state index is 12.6. The van der Waals surface area contributed by atoms with Crippen LogP contribution in [0.4, 0.5) is 5.69 Å². The van der Waals surface area contributed by atoms with Crippen molar-refractivity contribution in [2.75, 3.05) is 20.3 Å². The number of thioether (sulfide) groups is 1. The monoisotopic (exact) mass is 515 g/mol. The zero-order chi connectivity index (χ0) is 23.1. The average molecular weight is 516 g/mol. The molecule has 0 aliphatic carbocycles. The number of carbonyl (C=O) groups excluding carboxylic acids is 1. The van der Waals surface area contributed by atoms with Gasteiger partial charge < -0.3 is 19.3 Å². The minimum absolute atomic E-state index is 0.0426. The van der Waals surface area contributed by atoms with Crippen LogP contribution in [0.25, 0.3) is 6.08 Å². The van der Waals surface area contributed by atoms with Gasteiger partial charge in [0.15, 0.2) is 11.5 Å². The summed E-state index contributed by atoms with van der Waals surface area (Å²) in [6.07, 6.45) is 3.39. The summed E-state index contributed by atoms with van der Waals surface area (Å²) in [6, 6.07) is 12.8. The number of aliphatic hydroxyl groups excluding tert-OH is 1. The number of methoxy groups -OCH3 is 1. The van der Waals surface area contributed by atoms with Crippen LogP contribution in [0.2, 0.25) is 0 Å². The van der Waals surface area contributed by atoms with Gasteiger partial charge in [-0.25, -0.2) is 9.79 Å². The van der Waals surface area contributed by atoms with Crippen molar-refractivity contribution in [2.45, 2.75) is 6.92 Å². The molecule has 0 amide bonds. The highest BCUT2D eigenvalue weighted by atomic mass is 79.9. The summed E-state index contributed by atoms with van der Waals surface area (Å²) < 4.78 is 16.9. The van der Waals surface area contributed by atoms with Crippen molar-refractivity contribution in [2.24, 2.45) is 4.99 Å². The molecule has 2 aromatic carbocycles. The first kappa shape index (κ1) is 23.7. The molecular formula is C24H22BrNO5S. The van der Waals surface area contributed by atoms with E-state index in [-0.39, 0.29) is 17.9 Å². The van der Waals surface area contributed by atoms with Crippen LogP contribution < -0.4 is 9.47 Å². The zero-order valence-corrected chi connectivity index (χ0v) is 20.0. The SMILES string of the molecule is C=CCOc1cc(Br)c(/C=C2\SC(=Nc3ccccc3)C(C(=O)OCC)=C2O)cc1OC. The van der Waals surface area contributed by atoms with Gasteiger partial charge in [-0.05, 0) is 42.8 Å². The Labute approximate surface area is 199 Å². The fourth-order valence-corrected chi connectivity index (χ4v) is 4.30. The number of esters is 1. The van der Waals surface area contributed by atoms with Gasteiger partial charge in [-0.1, -0.05) is 58.5 Å². The van der Waals surface area contributed by atoms with Crippen LogP contribution in [0.5, 0.6) is 11.5 Å². The van der Waals surface area contributed by atoms with E-state index in [1.807, 2.05) is 30.3 Å². The predicted molar refractivity (Wildman–Crippen MR) is 132 cm³/mol. The second kappa shape index (κ2) is 11.1. The van der Waals surface area contributed by atoms with Gasteiger partial charge in [-0.15, -0.1) is 0 Å². The van der Waals surface area contributed by atoms with Crippen LogP contribution >= 0.6 is 27.7 Å². The van der Waals surface area contributed by atoms with Gasteiger partial charge in [0, 0.05) is 4.47 Å². The Balaban J connectivity index is 2.05. The number of aliphatic hydroxyl groups is 1. The van der Waals surface area contributed by atoms with Gasteiger partial charge in [0.1, 0.15) is 23.0 Å². The van der Waals surface area contributed by atoms with Crippen molar-refractivity contribution in [1.29, 1.82) is 0 Å². The summed E-state index contributed by atoms with van der Waals surface area (Å²) >= 11 is 4.72. The Morgan fingerprint density at radius 3 is 2.66 bits per heavy atom. The molecule has 0 saturated heterocycles. The molecule has 0 aromatic heterocycles. The number of nitrogens with zero attached hydrogens (tertiary/aromatic N) is 1. The number of ether oxygens (including phenoxy) is 3. The van der Waals surface area contributed by atoms with Crippen molar-refractivity contribution in [3.05, 3.63) is 81.4 Å². The van der Waals surface area contributed by atoms with Gasteiger partial charge in [0.2, 0.25) is 0 Å². The minimum atomic E-state index is -0.625. The van der Waals surface area contributed by atoms with Crippen LogP contribution in [0.15, 0.2) is 80.8 Å². The van der Waals surface area contributed by atoms with E-state index in [9.17, 15) is 9.90 Å². The third-order valence-corrected chi connectivity index (χ3v) is 5.99. The van der Waals surface area contributed by atoms with E-state index in [0.717, 1.165) is 10.0 Å². The third kappa shape index (κ3) is 5.44. The highest BCUT2D eigenvalue weighted by Gasteiger charge is 2.33. The fraction of sp³-hybridized carbons (Fsp3) is 0.167. The van der Waals surface area contributed by atoms with Crippen LogP contribution in [-0.2, 0) is 9.53 Å². The molecule has 3 rings (SSSR count). The third-order valence-electron chi connectivity index (χ3n) is 4.28. The molecule has 0 bridgehead atoms. The first-order valence-corrected chi connectivity index (χ1v) is 11.3. The number of para-hydroxylation sites is 1. The second-order valence-electron chi connectivity index (χ2n) is 6.43. The number of benzene rings is 2. The van der Waals surface area contributed by atoms with Gasteiger partial charge in [-0.3, -0.25) is 0 Å². The molecule has 0 fully saturated rings. The average Bonchev–Trinajstić information content (AvgIpc) is 3.09. The normalized spacial score (nSPS) is 15.8. The number of hydrogen-bond acceptors (Lipinski definition) is 7. The van der Waals surface area contributed by atoms with Gasteiger partial charge in [0.05, 0.1) is 24.3 Å². The molecule has 32 heavy (non-hydrogen) atoms. The first-order chi connectivity index (χ1) is 15.5. The molecule has 0 atom stereocenters. The lowest BCUT2D eigenvalue weighted by Crippen LogP contribution is -2.12. The van der Waals surface area contributed by atoms with Crippen molar-refractivity contribution in [3.8, 4) is 11.5 Å². The summed E-state index contributed by atoms with van der Waals surface area (Å²) in [5, 5.41) is 11.2. The number of rotatable bonds is 8. The lowest BCUT2D eigenvalue weighted by atomic mass is 10.1. The summed E-state index contributed by atoms with van der Waals surface area (Å²) in [5.74, 6) is 0.275. The van der Waals surface area contributed by atoms with E-state index < -0.39 is 5.97 Å². The lowest BCUT2D eigenvalue weighted by molar-refractivity contribution is -0.138. The smallest absolute Gasteiger partial charge is 0.344 e. The van der Waals surface area contributed by atoms with Crippen molar-refractivity contribution < 1.29 is 24.1 Å². The van der Waals surface area contributed by atoms with E-state index in [1.54, 1.807) is 38.3 Å². The van der Waals surface area contributed by atoms with Gasteiger partial charge in [0.25, 0.3) is 0 Å².